The van der Waals surface area contributed by atoms with E-state index in [1.165, 1.54) is 0 Å². The van der Waals surface area contributed by atoms with Crippen molar-refractivity contribution in [3.05, 3.63) is 60.2 Å². The molecule has 2 rings (SSSR count). The van der Waals surface area contributed by atoms with E-state index in [9.17, 15) is 9.90 Å². The summed E-state index contributed by atoms with van der Waals surface area (Å²) in [4.78, 5) is 13.1. The van der Waals surface area contributed by atoms with Crippen molar-refractivity contribution in [2.24, 2.45) is 0 Å². The van der Waals surface area contributed by atoms with E-state index in [1.807, 2.05) is 82.4 Å². The van der Waals surface area contributed by atoms with Crippen molar-refractivity contribution in [1.29, 1.82) is 5.26 Å². The van der Waals surface area contributed by atoms with Crippen molar-refractivity contribution in [3.63, 3.8) is 0 Å². The molecule has 5 nitrogen and oxygen atoms in total. The first-order chi connectivity index (χ1) is 12.8. The summed E-state index contributed by atoms with van der Waals surface area (Å²) in [5.41, 5.74) is 2.77. The molecule has 0 saturated heterocycles. The average molecular weight is 605 g/mol. The molecule has 1 unspecified atom stereocenters. The number of hydrogen-bond acceptors (Lipinski definition) is 4. The molecule has 0 spiro atoms. The maximum absolute atomic E-state index is 12.6. The third kappa shape index (κ3) is 6.02. The van der Waals surface area contributed by atoms with Crippen LogP contribution in [0.1, 0.15) is 22.6 Å². The number of phenolic OH excluding ortho intramolecular Hbond substituents is 1. The second-order valence-electron chi connectivity index (χ2n) is 5.84. The summed E-state index contributed by atoms with van der Waals surface area (Å²) in [7, 11) is 0. The lowest BCUT2D eigenvalue weighted by molar-refractivity contribution is -0.122. The predicted molar refractivity (Wildman–Crippen MR) is 126 cm³/mol. The number of aromatic hydroxyl groups is 1. The van der Waals surface area contributed by atoms with Gasteiger partial charge in [0.05, 0.1) is 19.1 Å². The van der Waals surface area contributed by atoms with E-state index in [2.05, 4.69) is 10.6 Å². The van der Waals surface area contributed by atoms with E-state index < -0.39 is 5.92 Å². The van der Waals surface area contributed by atoms with Gasteiger partial charge in [-0.3, -0.25) is 4.79 Å². The van der Waals surface area contributed by atoms with Crippen LogP contribution in [0, 0.1) is 25.4 Å². The molecule has 2 aromatic carbocycles. The molecule has 0 fully saturated rings. The molecule has 27 heavy (non-hydrogen) atoms. The van der Waals surface area contributed by atoms with Gasteiger partial charge in [-0.05, 0) is 69.8 Å². The highest BCUT2D eigenvalue weighted by molar-refractivity contribution is 14.1. The molecule has 0 aliphatic rings. The Labute approximate surface area is 190 Å². The first kappa shape index (κ1) is 21.8. The van der Waals surface area contributed by atoms with Crippen molar-refractivity contribution < 1.29 is 9.90 Å². The standard InChI is InChI=1S/C19H17I2N3O2S/c1-11-2-4-12(5-3-11)19(27)24-10-14(18(26)23-7-6-22)13-8-15(20)17(25)16(21)9-13/h2-5,8-9,14,25H,7,10H2,1H3,(H,23,26)(H,24,27). The van der Waals surface area contributed by atoms with Crippen LogP contribution in [0.15, 0.2) is 36.4 Å². The Hall–Kier alpha value is -1.45. The second kappa shape index (κ2) is 10.2. The number of carbonyl (C=O) groups is 1. The smallest absolute Gasteiger partial charge is 0.230 e. The Morgan fingerprint density at radius 1 is 1.22 bits per heavy atom. The van der Waals surface area contributed by atoms with Crippen LogP contribution in [-0.2, 0) is 4.79 Å². The number of nitriles is 1. The normalized spacial score (nSPS) is 11.3. The van der Waals surface area contributed by atoms with E-state index in [0.717, 1.165) is 16.7 Å². The highest BCUT2D eigenvalue weighted by Crippen LogP contribution is 2.30. The van der Waals surface area contributed by atoms with Crippen molar-refractivity contribution >= 4 is 68.3 Å². The lowest BCUT2D eigenvalue weighted by Crippen LogP contribution is -2.37. The van der Waals surface area contributed by atoms with E-state index >= 15 is 0 Å². The zero-order valence-corrected chi connectivity index (χ0v) is 19.6. The third-order valence-corrected chi connectivity index (χ3v) is 5.90. The first-order valence-corrected chi connectivity index (χ1v) is 10.6. The second-order valence-corrected chi connectivity index (χ2v) is 8.57. The molecule has 1 amide bonds. The Kier molecular flexibility index (Phi) is 8.25. The summed E-state index contributed by atoms with van der Waals surface area (Å²) in [5, 5.41) is 24.5. The van der Waals surface area contributed by atoms with Gasteiger partial charge in [0, 0.05) is 12.1 Å². The number of hydrogen-bond donors (Lipinski definition) is 3. The molecular weight excluding hydrogens is 588 g/mol. The van der Waals surface area contributed by atoms with Gasteiger partial charge in [-0.15, -0.1) is 0 Å². The molecule has 1 atom stereocenters. The van der Waals surface area contributed by atoms with Gasteiger partial charge < -0.3 is 15.7 Å². The molecule has 0 heterocycles. The average Bonchev–Trinajstić information content (AvgIpc) is 2.64. The fourth-order valence-corrected chi connectivity index (χ4v) is 4.44. The van der Waals surface area contributed by atoms with Crippen LogP contribution >= 0.6 is 57.4 Å². The van der Waals surface area contributed by atoms with Gasteiger partial charge in [-0.25, -0.2) is 0 Å². The van der Waals surface area contributed by atoms with Gasteiger partial charge in [0.2, 0.25) is 5.91 Å². The van der Waals surface area contributed by atoms with Gasteiger partial charge >= 0.3 is 0 Å². The van der Waals surface area contributed by atoms with Crippen molar-refractivity contribution in [1.82, 2.24) is 10.6 Å². The Balaban J connectivity index is 2.22. The minimum Gasteiger partial charge on any atom is -0.506 e. The maximum Gasteiger partial charge on any atom is 0.230 e. The topological polar surface area (TPSA) is 85.2 Å². The van der Waals surface area contributed by atoms with E-state index in [-0.39, 0.29) is 24.7 Å². The number of aryl methyl sites for hydroxylation is 1. The Morgan fingerprint density at radius 3 is 2.37 bits per heavy atom. The van der Waals surface area contributed by atoms with Crippen LogP contribution in [0.4, 0.5) is 0 Å². The van der Waals surface area contributed by atoms with Crippen molar-refractivity contribution in [2.45, 2.75) is 12.8 Å². The SMILES string of the molecule is Cc1ccc(C(=S)NCC(C(=O)NCC#N)c2cc(I)c(O)c(I)c2)cc1. The van der Waals surface area contributed by atoms with Gasteiger partial charge in [0.15, 0.2) is 0 Å². The number of nitrogens with one attached hydrogen (secondary N) is 2. The summed E-state index contributed by atoms with van der Waals surface area (Å²) < 4.78 is 1.32. The fraction of sp³-hybridized carbons (Fsp3) is 0.211. The highest BCUT2D eigenvalue weighted by Gasteiger charge is 2.23. The van der Waals surface area contributed by atoms with Gasteiger partial charge in [-0.1, -0.05) is 42.0 Å². The summed E-state index contributed by atoms with van der Waals surface area (Å²) in [6.45, 7) is 2.22. The van der Waals surface area contributed by atoms with Crippen LogP contribution in [0.2, 0.25) is 0 Å². The van der Waals surface area contributed by atoms with E-state index in [4.69, 9.17) is 17.5 Å². The quantitative estimate of drug-likeness (QED) is 0.267. The lowest BCUT2D eigenvalue weighted by atomic mass is 9.97. The molecule has 0 saturated carbocycles. The molecule has 0 aliphatic carbocycles. The van der Waals surface area contributed by atoms with Crippen LogP contribution in [0.3, 0.4) is 0 Å². The highest BCUT2D eigenvalue weighted by atomic mass is 127. The van der Waals surface area contributed by atoms with Gasteiger partial charge in [0.25, 0.3) is 0 Å². The number of benzene rings is 2. The lowest BCUT2D eigenvalue weighted by Gasteiger charge is -2.19. The van der Waals surface area contributed by atoms with Crippen LogP contribution in [0.5, 0.6) is 5.75 Å². The van der Waals surface area contributed by atoms with E-state index in [1.54, 1.807) is 12.1 Å². The zero-order chi connectivity index (χ0) is 20.0. The van der Waals surface area contributed by atoms with Crippen LogP contribution in [0.25, 0.3) is 0 Å². The Bertz CT molecular complexity index is 872. The summed E-state index contributed by atoms with van der Waals surface area (Å²) in [6.07, 6.45) is 0. The minimum atomic E-state index is -0.551. The van der Waals surface area contributed by atoms with Crippen LogP contribution in [-0.4, -0.2) is 29.1 Å². The van der Waals surface area contributed by atoms with Crippen molar-refractivity contribution in [3.8, 4) is 11.8 Å². The minimum absolute atomic E-state index is 0.0655. The van der Waals surface area contributed by atoms with E-state index in [0.29, 0.717) is 12.1 Å². The Morgan fingerprint density at radius 2 is 1.81 bits per heavy atom. The van der Waals surface area contributed by atoms with Crippen LogP contribution < -0.4 is 10.6 Å². The molecular formula is C19H17I2N3O2S. The molecule has 140 valence electrons. The van der Waals surface area contributed by atoms with Gasteiger partial charge in [0.1, 0.15) is 17.3 Å². The summed E-state index contributed by atoms with van der Waals surface area (Å²) in [5.74, 6) is -0.628. The molecule has 0 radical (unpaired) electrons. The summed E-state index contributed by atoms with van der Waals surface area (Å²) in [6, 6.07) is 13.3. The number of thiocarbonyl (C=S) groups is 1. The first-order valence-electron chi connectivity index (χ1n) is 8.01. The molecule has 3 N–H and O–H groups in total. The number of phenols is 1. The number of halogens is 2. The third-order valence-electron chi connectivity index (χ3n) is 3.88. The summed E-state index contributed by atoms with van der Waals surface area (Å²) >= 11 is 9.50. The molecule has 8 heteroatoms. The molecule has 0 bridgehead atoms. The molecule has 0 aromatic heterocycles. The monoisotopic (exact) mass is 605 g/mol. The maximum atomic E-state index is 12.6. The molecule has 0 aliphatic heterocycles. The zero-order valence-electron chi connectivity index (χ0n) is 14.4. The number of rotatable bonds is 6. The largest absolute Gasteiger partial charge is 0.506 e. The predicted octanol–water partition coefficient (Wildman–Crippen LogP) is 3.60. The van der Waals surface area contributed by atoms with Crippen molar-refractivity contribution in [2.75, 3.05) is 13.1 Å². The number of carbonyl (C=O) groups excluding carboxylic acids is 1. The number of amides is 1. The fourth-order valence-electron chi connectivity index (χ4n) is 2.40. The van der Waals surface area contributed by atoms with Gasteiger partial charge in [-0.2, -0.15) is 5.26 Å². The molecule has 2 aromatic rings. The number of nitrogens with zero attached hydrogens (tertiary/aromatic N) is 1.